The Labute approximate surface area is 171 Å². The van der Waals surface area contributed by atoms with Crippen molar-refractivity contribution in [1.29, 1.82) is 0 Å². The maximum absolute atomic E-state index is 14.6. The number of sulfone groups is 1. The van der Waals surface area contributed by atoms with Gasteiger partial charge in [-0.2, -0.15) is 0 Å². The number of piperidine rings is 1. The summed E-state index contributed by atoms with van der Waals surface area (Å²) in [5, 5.41) is 0. The zero-order valence-electron chi connectivity index (χ0n) is 16.1. The molecule has 2 N–H and O–H groups in total. The highest BCUT2D eigenvalue weighted by Gasteiger charge is 2.30. The number of hydrogen-bond donors (Lipinski definition) is 1. The standard InChI is InChI=1S/C19H20F3N5O2S/c1-30(28,29)13-3-2-12(24-8-13)9-27-18-15(22)6-11(20)7-17(18)25-19(27)26-5-4-14(21)16(23)10-26/h2-3,6-8,14,16H,4-5,9-10,23H2,1H3/t14-,16-/m1/s1. The average molecular weight is 439 g/mol. The third-order valence-electron chi connectivity index (χ3n) is 5.14. The Hall–Kier alpha value is -2.66. The van der Waals surface area contributed by atoms with Gasteiger partial charge in [0.15, 0.2) is 15.7 Å². The molecule has 2 aromatic heterocycles. The van der Waals surface area contributed by atoms with Crippen molar-refractivity contribution >= 4 is 26.8 Å². The number of hydrogen-bond acceptors (Lipinski definition) is 6. The zero-order chi connectivity index (χ0) is 21.6. The first-order chi connectivity index (χ1) is 14.1. The van der Waals surface area contributed by atoms with Crippen molar-refractivity contribution in [2.45, 2.75) is 30.1 Å². The Morgan fingerprint density at radius 3 is 2.67 bits per heavy atom. The molecule has 11 heteroatoms. The summed E-state index contributed by atoms with van der Waals surface area (Å²) in [6.45, 7) is 0.557. The fourth-order valence-electron chi connectivity index (χ4n) is 3.58. The van der Waals surface area contributed by atoms with Crippen LogP contribution in [-0.2, 0) is 16.4 Å². The van der Waals surface area contributed by atoms with Crippen LogP contribution in [0.4, 0.5) is 19.1 Å². The minimum atomic E-state index is -3.41. The predicted molar refractivity (Wildman–Crippen MR) is 106 cm³/mol. The van der Waals surface area contributed by atoms with Crippen LogP contribution in [0.1, 0.15) is 12.1 Å². The maximum atomic E-state index is 14.6. The first kappa shape index (κ1) is 20.6. The van der Waals surface area contributed by atoms with E-state index in [1.165, 1.54) is 22.9 Å². The molecule has 1 aliphatic rings. The van der Waals surface area contributed by atoms with Crippen molar-refractivity contribution in [3.05, 3.63) is 47.8 Å². The summed E-state index contributed by atoms with van der Waals surface area (Å²) in [6, 6.07) is 4.11. The number of fused-ring (bicyclic) bond motifs is 1. The lowest BCUT2D eigenvalue weighted by Gasteiger charge is -2.34. The lowest BCUT2D eigenvalue weighted by Crippen LogP contribution is -2.50. The monoisotopic (exact) mass is 439 g/mol. The number of pyridine rings is 1. The van der Waals surface area contributed by atoms with Crippen LogP contribution in [0, 0.1) is 11.6 Å². The Morgan fingerprint density at radius 2 is 2.03 bits per heavy atom. The molecule has 0 saturated carbocycles. The second kappa shape index (κ2) is 7.55. The molecule has 2 atom stereocenters. The van der Waals surface area contributed by atoms with Crippen LogP contribution in [0.5, 0.6) is 0 Å². The summed E-state index contributed by atoms with van der Waals surface area (Å²) < 4.78 is 67.0. The summed E-state index contributed by atoms with van der Waals surface area (Å²) >= 11 is 0. The molecule has 160 valence electrons. The minimum absolute atomic E-state index is 0.0587. The van der Waals surface area contributed by atoms with Crippen molar-refractivity contribution in [3.8, 4) is 0 Å². The van der Waals surface area contributed by atoms with Gasteiger partial charge >= 0.3 is 0 Å². The second-order valence-corrected chi connectivity index (χ2v) is 9.44. The molecule has 0 amide bonds. The molecule has 3 aromatic rings. The number of alkyl halides is 1. The van der Waals surface area contributed by atoms with Gasteiger partial charge in [0, 0.05) is 37.7 Å². The van der Waals surface area contributed by atoms with Crippen LogP contribution in [0.25, 0.3) is 11.0 Å². The molecule has 30 heavy (non-hydrogen) atoms. The molecule has 0 radical (unpaired) electrons. The van der Waals surface area contributed by atoms with Crippen molar-refractivity contribution in [1.82, 2.24) is 14.5 Å². The van der Waals surface area contributed by atoms with Crippen molar-refractivity contribution in [3.63, 3.8) is 0 Å². The predicted octanol–water partition coefficient (Wildman–Crippen LogP) is 2.04. The second-order valence-electron chi connectivity index (χ2n) is 7.43. The normalized spacial score (nSPS) is 20.1. The van der Waals surface area contributed by atoms with Gasteiger partial charge in [0.1, 0.15) is 17.5 Å². The fourth-order valence-corrected chi connectivity index (χ4v) is 4.14. The molecule has 0 spiro atoms. The average Bonchev–Trinajstić information content (AvgIpc) is 3.02. The number of benzene rings is 1. The van der Waals surface area contributed by atoms with Gasteiger partial charge in [-0.3, -0.25) is 4.98 Å². The van der Waals surface area contributed by atoms with Gasteiger partial charge in [-0.25, -0.2) is 26.6 Å². The van der Waals surface area contributed by atoms with Crippen LogP contribution in [0.3, 0.4) is 0 Å². The molecule has 0 bridgehead atoms. The van der Waals surface area contributed by atoms with E-state index < -0.39 is 33.7 Å². The van der Waals surface area contributed by atoms with E-state index in [-0.39, 0.29) is 35.4 Å². The summed E-state index contributed by atoms with van der Waals surface area (Å²) in [5.41, 5.74) is 6.51. The minimum Gasteiger partial charge on any atom is -0.340 e. The summed E-state index contributed by atoms with van der Waals surface area (Å²) in [4.78, 5) is 10.3. The van der Waals surface area contributed by atoms with Gasteiger partial charge in [-0.05, 0) is 18.6 Å². The molecule has 1 aliphatic heterocycles. The van der Waals surface area contributed by atoms with E-state index in [4.69, 9.17) is 5.73 Å². The topological polar surface area (TPSA) is 94.1 Å². The zero-order valence-corrected chi connectivity index (χ0v) is 16.9. The van der Waals surface area contributed by atoms with Gasteiger partial charge in [-0.15, -0.1) is 0 Å². The maximum Gasteiger partial charge on any atom is 0.207 e. The molecular weight excluding hydrogens is 419 g/mol. The van der Waals surface area contributed by atoms with Crippen molar-refractivity contribution in [2.24, 2.45) is 5.73 Å². The van der Waals surface area contributed by atoms with Crippen LogP contribution in [0.2, 0.25) is 0 Å². The molecule has 7 nitrogen and oxygen atoms in total. The van der Waals surface area contributed by atoms with Crippen LogP contribution >= 0.6 is 0 Å². The number of imidazole rings is 1. The molecule has 4 rings (SSSR count). The summed E-state index contributed by atoms with van der Waals surface area (Å²) in [6.07, 6.45) is 1.36. The van der Waals surface area contributed by atoms with E-state index in [2.05, 4.69) is 9.97 Å². The number of aromatic nitrogens is 3. The molecule has 3 heterocycles. The quantitative estimate of drug-likeness (QED) is 0.669. The number of nitrogens with zero attached hydrogens (tertiary/aromatic N) is 4. The highest BCUT2D eigenvalue weighted by molar-refractivity contribution is 7.90. The number of halogens is 3. The van der Waals surface area contributed by atoms with Gasteiger partial charge in [-0.1, -0.05) is 0 Å². The van der Waals surface area contributed by atoms with E-state index in [0.717, 1.165) is 18.4 Å². The Bertz CT molecular complexity index is 1200. The van der Waals surface area contributed by atoms with Crippen LogP contribution in [-0.4, -0.2) is 54.5 Å². The van der Waals surface area contributed by atoms with Gasteiger partial charge < -0.3 is 15.2 Å². The van der Waals surface area contributed by atoms with Crippen molar-refractivity contribution < 1.29 is 21.6 Å². The first-order valence-electron chi connectivity index (χ1n) is 9.28. The summed E-state index contributed by atoms with van der Waals surface area (Å²) in [5.74, 6) is -1.22. The molecule has 1 saturated heterocycles. The largest absolute Gasteiger partial charge is 0.340 e. The molecular formula is C19H20F3N5O2S. The SMILES string of the molecule is CS(=O)(=O)c1ccc(Cn2c(N3CC[C@@H](F)[C@H](N)C3)nc3cc(F)cc(F)c32)nc1. The van der Waals surface area contributed by atoms with Crippen LogP contribution < -0.4 is 10.6 Å². The number of anilines is 1. The smallest absolute Gasteiger partial charge is 0.207 e. The third-order valence-corrected chi connectivity index (χ3v) is 6.24. The molecule has 0 unspecified atom stereocenters. The summed E-state index contributed by atoms with van der Waals surface area (Å²) in [7, 11) is -3.41. The lowest BCUT2D eigenvalue weighted by molar-refractivity contribution is 0.243. The first-order valence-corrected chi connectivity index (χ1v) is 11.2. The van der Waals surface area contributed by atoms with Crippen molar-refractivity contribution in [2.75, 3.05) is 24.2 Å². The highest BCUT2D eigenvalue weighted by atomic mass is 32.2. The van der Waals surface area contributed by atoms with E-state index in [9.17, 15) is 21.6 Å². The number of rotatable bonds is 4. The Morgan fingerprint density at radius 1 is 1.27 bits per heavy atom. The lowest BCUT2D eigenvalue weighted by atomic mass is 10.1. The molecule has 0 aliphatic carbocycles. The third kappa shape index (κ3) is 3.86. The van der Waals surface area contributed by atoms with Gasteiger partial charge in [0.25, 0.3) is 0 Å². The number of nitrogens with two attached hydrogens (primary N) is 1. The molecule has 1 fully saturated rings. The molecule has 1 aromatic carbocycles. The van der Waals surface area contributed by atoms with Gasteiger partial charge in [0.2, 0.25) is 5.95 Å². The Balaban J connectivity index is 1.78. The van der Waals surface area contributed by atoms with E-state index in [1.54, 1.807) is 4.90 Å². The van der Waals surface area contributed by atoms with E-state index >= 15 is 0 Å². The van der Waals surface area contributed by atoms with E-state index in [1.807, 2.05) is 0 Å². The highest BCUT2D eigenvalue weighted by Crippen LogP contribution is 2.29. The van der Waals surface area contributed by atoms with Crippen LogP contribution in [0.15, 0.2) is 35.4 Å². The van der Waals surface area contributed by atoms with Gasteiger partial charge in [0.05, 0.1) is 28.7 Å². The Kier molecular flexibility index (Phi) is 5.18. The fraction of sp³-hybridized carbons (Fsp3) is 0.368. The van der Waals surface area contributed by atoms with E-state index in [0.29, 0.717) is 18.2 Å².